The number of pyridine rings is 1. The molecule has 1 fully saturated rings. The van der Waals surface area contributed by atoms with E-state index < -0.39 is 0 Å². The van der Waals surface area contributed by atoms with Gasteiger partial charge in [-0.05, 0) is 24.3 Å². The van der Waals surface area contributed by atoms with Gasteiger partial charge >= 0.3 is 0 Å². The molecule has 23 heavy (non-hydrogen) atoms. The molecule has 0 unspecified atom stereocenters. The van der Waals surface area contributed by atoms with Crippen LogP contribution >= 0.6 is 0 Å². The lowest BCUT2D eigenvalue weighted by Gasteiger charge is -2.36. The Bertz CT molecular complexity index is 597. The average Bonchev–Trinajstić information content (AvgIpc) is 2.63. The van der Waals surface area contributed by atoms with E-state index in [0.29, 0.717) is 0 Å². The summed E-state index contributed by atoms with van der Waals surface area (Å²) >= 11 is 0. The molecule has 0 saturated carbocycles. The number of para-hydroxylation sites is 2. The fourth-order valence-corrected chi connectivity index (χ4v) is 2.93. The molecule has 5 nitrogen and oxygen atoms in total. The molecule has 0 spiro atoms. The lowest BCUT2D eigenvalue weighted by Crippen LogP contribution is -2.47. The van der Waals surface area contributed by atoms with Crippen LogP contribution in [0.1, 0.15) is 0 Å². The summed E-state index contributed by atoms with van der Waals surface area (Å²) in [7, 11) is 1.74. The van der Waals surface area contributed by atoms with Crippen molar-refractivity contribution >= 4 is 11.4 Å². The van der Waals surface area contributed by atoms with Crippen molar-refractivity contribution in [2.24, 2.45) is 0 Å². The SMILES string of the molecule is COc1ccccc1N1CCN(CCNc2cccnc2)CC1. The molecule has 3 rings (SSSR count). The van der Waals surface area contributed by atoms with Crippen LogP contribution in [0.15, 0.2) is 48.8 Å². The van der Waals surface area contributed by atoms with Gasteiger partial charge in [0.05, 0.1) is 18.5 Å². The fourth-order valence-electron chi connectivity index (χ4n) is 2.93. The first-order valence-electron chi connectivity index (χ1n) is 8.11. The molecule has 1 saturated heterocycles. The van der Waals surface area contributed by atoms with E-state index in [1.54, 1.807) is 13.3 Å². The monoisotopic (exact) mass is 312 g/mol. The molecule has 1 aliphatic rings. The predicted octanol–water partition coefficient (Wildman–Crippen LogP) is 2.32. The van der Waals surface area contributed by atoms with Crippen molar-refractivity contribution in [3.05, 3.63) is 48.8 Å². The van der Waals surface area contributed by atoms with Gasteiger partial charge in [-0.15, -0.1) is 0 Å². The van der Waals surface area contributed by atoms with Crippen LogP contribution < -0.4 is 15.0 Å². The summed E-state index contributed by atoms with van der Waals surface area (Å²) in [5.41, 5.74) is 2.28. The second-order valence-corrected chi connectivity index (χ2v) is 5.67. The zero-order valence-electron chi connectivity index (χ0n) is 13.6. The van der Waals surface area contributed by atoms with Gasteiger partial charge in [0.25, 0.3) is 0 Å². The van der Waals surface area contributed by atoms with Crippen molar-refractivity contribution in [3.8, 4) is 5.75 Å². The Morgan fingerprint density at radius 3 is 2.65 bits per heavy atom. The van der Waals surface area contributed by atoms with Crippen LogP contribution in [-0.2, 0) is 0 Å². The molecule has 1 aliphatic heterocycles. The van der Waals surface area contributed by atoms with Gasteiger partial charge in [0, 0.05) is 51.7 Å². The van der Waals surface area contributed by atoms with Crippen LogP contribution in [0.2, 0.25) is 0 Å². The first-order chi connectivity index (χ1) is 11.4. The minimum Gasteiger partial charge on any atom is -0.495 e. The molecule has 5 heteroatoms. The van der Waals surface area contributed by atoms with Gasteiger partial charge in [0.2, 0.25) is 0 Å². The number of ether oxygens (including phenoxy) is 1. The van der Waals surface area contributed by atoms with Crippen LogP contribution in [0.5, 0.6) is 5.75 Å². The minimum absolute atomic E-state index is 0.945. The van der Waals surface area contributed by atoms with Gasteiger partial charge in [-0.25, -0.2) is 0 Å². The molecule has 0 bridgehead atoms. The highest BCUT2D eigenvalue weighted by molar-refractivity contribution is 5.58. The Kier molecular flexibility index (Phi) is 5.32. The van der Waals surface area contributed by atoms with Crippen molar-refractivity contribution in [1.29, 1.82) is 0 Å². The number of benzene rings is 1. The van der Waals surface area contributed by atoms with E-state index in [2.05, 4.69) is 32.2 Å². The van der Waals surface area contributed by atoms with E-state index >= 15 is 0 Å². The van der Waals surface area contributed by atoms with Crippen LogP contribution in [-0.4, -0.2) is 56.3 Å². The van der Waals surface area contributed by atoms with Gasteiger partial charge in [0.15, 0.2) is 0 Å². The summed E-state index contributed by atoms with van der Waals surface area (Å²) in [6, 6.07) is 12.3. The molecule has 2 heterocycles. The predicted molar refractivity (Wildman–Crippen MR) is 94.4 cm³/mol. The van der Waals surface area contributed by atoms with Crippen LogP contribution in [0, 0.1) is 0 Å². The van der Waals surface area contributed by atoms with Crippen molar-refractivity contribution in [2.75, 3.05) is 56.6 Å². The molecule has 2 aromatic rings. The lowest BCUT2D eigenvalue weighted by molar-refractivity contribution is 0.266. The van der Waals surface area contributed by atoms with Gasteiger partial charge < -0.3 is 15.0 Å². The van der Waals surface area contributed by atoms with E-state index in [1.165, 1.54) is 5.69 Å². The summed E-state index contributed by atoms with van der Waals surface area (Å²) in [5, 5.41) is 3.42. The Balaban J connectivity index is 1.45. The topological polar surface area (TPSA) is 40.6 Å². The first kappa shape index (κ1) is 15.6. The van der Waals surface area contributed by atoms with Gasteiger partial charge in [-0.1, -0.05) is 12.1 Å². The molecule has 122 valence electrons. The number of nitrogens with one attached hydrogen (secondary N) is 1. The quantitative estimate of drug-likeness (QED) is 0.886. The normalized spacial score (nSPS) is 15.4. The van der Waals surface area contributed by atoms with Crippen LogP contribution in [0.25, 0.3) is 0 Å². The van der Waals surface area contributed by atoms with Crippen molar-refractivity contribution in [2.45, 2.75) is 0 Å². The number of methoxy groups -OCH3 is 1. The summed E-state index contributed by atoms with van der Waals surface area (Å²) in [6.45, 7) is 6.22. The summed E-state index contributed by atoms with van der Waals surface area (Å²) in [5.74, 6) is 0.958. The number of anilines is 2. The second kappa shape index (κ2) is 7.83. The molecule has 0 atom stereocenters. The summed E-state index contributed by atoms with van der Waals surface area (Å²) < 4.78 is 5.47. The highest BCUT2D eigenvalue weighted by Crippen LogP contribution is 2.28. The highest BCUT2D eigenvalue weighted by atomic mass is 16.5. The Morgan fingerprint density at radius 1 is 1.09 bits per heavy atom. The fraction of sp³-hybridized carbons (Fsp3) is 0.389. The van der Waals surface area contributed by atoms with E-state index in [9.17, 15) is 0 Å². The number of piperazine rings is 1. The molecule has 0 radical (unpaired) electrons. The Labute approximate surface area is 137 Å². The van der Waals surface area contributed by atoms with E-state index in [1.807, 2.05) is 30.5 Å². The van der Waals surface area contributed by atoms with Crippen molar-refractivity contribution < 1.29 is 4.74 Å². The average molecular weight is 312 g/mol. The lowest BCUT2D eigenvalue weighted by atomic mass is 10.2. The maximum Gasteiger partial charge on any atom is 0.142 e. The zero-order valence-corrected chi connectivity index (χ0v) is 13.6. The second-order valence-electron chi connectivity index (χ2n) is 5.67. The number of rotatable bonds is 6. The third-order valence-corrected chi connectivity index (χ3v) is 4.22. The van der Waals surface area contributed by atoms with Crippen molar-refractivity contribution in [1.82, 2.24) is 9.88 Å². The minimum atomic E-state index is 0.945. The highest BCUT2D eigenvalue weighted by Gasteiger charge is 2.18. The van der Waals surface area contributed by atoms with Gasteiger partial charge in [-0.3, -0.25) is 9.88 Å². The number of aromatic nitrogens is 1. The summed E-state index contributed by atoms with van der Waals surface area (Å²) in [6.07, 6.45) is 3.65. The van der Waals surface area contributed by atoms with E-state index in [-0.39, 0.29) is 0 Å². The van der Waals surface area contributed by atoms with Gasteiger partial charge in [0.1, 0.15) is 5.75 Å². The largest absolute Gasteiger partial charge is 0.495 e. The molecular weight excluding hydrogens is 288 g/mol. The third kappa shape index (κ3) is 4.13. The smallest absolute Gasteiger partial charge is 0.142 e. The molecule has 1 aromatic heterocycles. The zero-order chi connectivity index (χ0) is 15.9. The summed E-state index contributed by atoms with van der Waals surface area (Å²) in [4.78, 5) is 9.02. The maximum absolute atomic E-state index is 5.47. The van der Waals surface area contributed by atoms with Crippen LogP contribution in [0.3, 0.4) is 0 Å². The first-order valence-corrected chi connectivity index (χ1v) is 8.11. The molecule has 1 N–H and O–H groups in total. The third-order valence-electron chi connectivity index (χ3n) is 4.22. The Morgan fingerprint density at radius 2 is 1.91 bits per heavy atom. The van der Waals surface area contributed by atoms with Crippen LogP contribution in [0.4, 0.5) is 11.4 Å². The standard InChI is InChI=1S/C18H24N4O/c1-23-18-7-3-2-6-17(18)22-13-11-21(12-14-22)10-9-20-16-5-4-8-19-15-16/h2-8,15,20H,9-14H2,1H3. The number of hydrogen-bond acceptors (Lipinski definition) is 5. The van der Waals surface area contributed by atoms with Crippen molar-refractivity contribution in [3.63, 3.8) is 0 Å². The van der Waals surface area contributed by atoms with E-state index in [0.717, 1.165) is 50.7 Å². The molecular formula is C18H24N4O. The Hall–Kier alpha value is -2.27. The molecule has 0 aliphatic carbocycles. The van der Waals surface area contributed by atoms with E-state index in [4.69, 9.17) is 4.74 Å². The number of nitrogens with zero attached hydrogens (tertiary/aromatic N) is 3. The number of hydrogen-bond donors (Lipinski definition) is 1. The van der Waals surface area contributed by atoms with Gasteiger partial charge in [-0.2, -0.15) is 0 Å². The maximum atomic E-state index is 5.47. The molecule has 0 amide bonds. The molecule has 1 aromatic carbocycles.